The van der Waals surface area contributed by atoms with E-state index in [0.29, 0.717) is 41.4 Å². The van der Waals surface area contributed by atoms with E-state index in [1.165, 1.54) is 0 Å². The third kappa shape index (κ3) is 7.29. The van der Waals surface area contributed by atoms with Gasteiger partial charge in [0.05, 0.1) is 37.7 Å². The Morgan fingerprint density at radius 3 is 2.55 bits per heavy atom. The van der Waals surface area contributed by atoms with Gasteiger partial charge in [-0.25, -0.2) is 4.98 Å². The second-order valence-corrected chi connectivity index (χ2v) is 8.32. The summed E-state index contributed by atoms with van der Waals surface area (Å²) in [6.45, 7) is 1.64. The summed E-state index contributed by atoms with van der Waals surface area (Å²) in [6.07, 6.45) is 5.03. The summed E-state index contributed by atoms with van der Waals surface area (Å²) in [6, 6.07) is 12.8. The molecular formula is C21H20Cl3N3O6. The summed E-state index contributed by atoms with van der Waals surface area (Å²) in [5, 5.41) is 15.4. The average Bonchev–Trinajstić information content (AvgIpc) is 3.40. The lowest BCUT2D eigenvalue weighted by Gasteiger charge is -2.30. The Morgan fingerprint density at radius 1 is 1.21 bits per heavy atom. The van der Waals surface area contributed by atoms with Crippen molar-refractivity contribution >= 4 is 34.8 Å². The zero-order valence-electron chi connectivity index (χ0n) is 17.1. The molecule has 33 heavy (non-hydrogen) atoms. The monoisotopic (exact) mass is 515 g/mol. The third-order valence-corrected chi connectivity index (χ3v) is 5.44. The van der Waals surface area contributed by atoms with E-state index >= 15 is 0 Å². The minimum absolute atomic E-state index is 0.238. The SMILES string of the molecule is Clc1ccc(COC[C@@H]2CO[C@@](Cn3ccnc3)(c3ccc(Cl)cc3Cl)O2)cc1.O=[N+]([O-])O. The van der Waals surface area contributed by atoms with Gasteiger partial charge >= 0.3 is 0 Å². The van der Waals surface area contributed by atoms with E-state index in [1.807, 2.05) is 41.1 Å². The molecule has 1 fully saturated rings. The van der Waals surface area contributed by atoms with Crippen LogP contribution in [0.2, 0.25) is 15.1 Å². The number of rotatable bonds is 7. The largest absolute Gasteiger partial charge is 0.374 e. The van der Waals surface area contributed by atoms with Crippen LogP contribution in [0.4, 0.5) is 0 Å². The van der Waals surface area contributed by atoms with E-state index < -0.39 is 10.9 Å². The Kier molecular flexibility index (Phi) is 8.90. The van der Waals surface area contributed by atoms with Crippen molar-refractivity contribution in [2.45, 2.75) is 25.0 Å². The van der Waals surface area contributed by atoms with Crippen molar-refractivity contribution in [1.29, 1.82) is 0 Å². The fraction of sp³-hybridized carbons (Fsp3) is 0.286. The van der Waals surface area contributed by atoms with Crippen molar-refractivity contribution in [2.24, 2.45) is 0 Å². The van der Waals surface area contributed by atoms with Crippen LogP contribution in [0.5, 0.6) is 0 Å². The van der Waals surface area contributed by atoms with Crippen LogP contribution in [0, 0.1) is 10.1 Å². The average molecular weight is 517 g/mol. The van der Waals surface area contributed by atoms with Gasteiger partial charge in [-0.1, -0.05) is 53.0 Å². The van der Waals surface area contributed by atoms with Gasteiger partial charge in [-0.3, -0.25) is 0 Å². The topological polar surface area (TPSA) is 109 Å². The number of nitrogens with zero attached hydrogens (tertiary/aromatic N) is 3. The van der Waals surface area contributed by atoms with Crippen LogP contribution >= 0.6 is 34.8 Å². The van der Waals surface area contributed by atoms with Crippen molar-refractivity contribution in [2.75, 3.05) is 13.2 Å². The summed E-state index contributed by atoms with van der Waals surface area (Å²) in [5.41, 5.74) is 1.76. The first-order valence-corrected chi connectivity index (χ1v) is 10.8. The molecule has 1 N–H and O–H groups in total. The molecule has 9 nitrogen and oxygen atoms in total. The molecule has 2 aromatic carbocycles. The number of hydrogen-bond acceptors (Lipinski definition) is 6. The minimum Gasteiger partial charge on any atom is -0.374 e. The van der Waals surface area contributed by atoms with Crippen LogP contribution in [0.25, 0.3) is 0 Å². The maximum Gasteiger partial charge on any atom is 0.291 e. The van der Waals surface area contributed by atoms with Gasteiger partial charge in [-0.05, 0) is 29.8 Å². The molecule has 1 aliphatic rings. The Bertz CT molecular complexity index is 1050. The number of benzene rings is 2. The molecule has 0 spiro atoms. The van der Waals surface area contributed by atoms with E-state index in [2.05, 4.69) is 4.98 Å². The molecule has 1 aliphatic heterocycles. The van der Waals surface area contributed by atoms with Crippen LogP contribution in [-0.4, -0.2) is 39.2 Å². The Hall–Kier alpha value is -2.40. The number of imidazole rings is 1. The Morgan fingerprint density at radius 2 is 1.91 bits per heavy atom. The van der Waals surface area contributed by atoms with Gasteiger partial charge in [0.2, 0.25) is 5.79 Å². The lowest BCUT2D eigenvalue weighted by atomic mass is 10.1. The Balaban J connectivity index is 0.000000709. The van der Waals surface area contributed by atoms with E-state index in [4.69, 9.17) is 64.3 Å². The molecule has 0 bridgehead atoms. The zero-order chi connectivity index (χ0) is 23.8. The first kappa shape index (κ1) is 25.2. The zero-order valence-corrected chi connectivity index (χ0v) is 19.4. The van der Waals surface area contributed by atoms with Crippen molar-refractivity contribution < 1.29 is 24.5 Å². The van der Waals surface area contributed by atoms with Crippen molar-refractivity contribution in [3.63, 3.8) is 0 Å². The summed E-state index contributed by atoms with van der Waals surface area (Å²) < 4.78 is 20.2. The standard InChI is InChI=1S/C21H19Cl3N2O3.HNO3/c22-16-3-1-15(2-4-16)10-27-11-18-12-28-21(29-18,13-26-8-7-25-14-26)19-6-5-17(23)9-20(19)24;2-1(3)4/h1-9,14,18H,10-13H2;(H,2,3,4)/t18-,21-;/m1./s1. The molecule has 1 saturated heterocycles. The molecular weight excluding hydrogens is 497 g/mol. The highest BCUT2D eigenvalue weighted by Gasteiger charge is 2.45. The lowest BCUT2D eigenvalue weighted by molar-refractivity contribution is -0.742. The maximum atomic E-state index is 8.36. The molecule has 0 saturated carbocycles. The third-order valence-electron chi connectivity index (χ3n) is 4.64. The molecule has 176 valence electrons. The minimum atomic E-state index is -1.50. The summed E-state index contributed by atoms with van der Waals surface area (Å²) in [4.78, 5) is 12.5. The van der Waals surface area contributed by atoms with Gasteiger partial charge in [0.25, 0.3) is 5.09 Å². The van der Waals surface area contributed by atoms with Crippen LogP contribution < -0.4 is 0 Å². The van der Waals surface area contributed by atoms with Crippen LogP contribution in [0.3, 0.4) is 0 Å². The molecule has 3 aromatic rings. The Labute approximate surface area is 204 Å². The van der Waals surface area contributed by atoms with Crippen molar-refractivity contribution in [3.05, 3.63) is 97.5 Å². The molecule has 0 aliphatic carbocycles. The van der Waals surface area contributed by atoms with Crippen LogP contribution in [0.15, 0.2) is 61.2 Å². The van der Waals surface area contributed by atoms with E-state index in [1.54, 1.807) is 24.7 Å². The van der Waals surface area contributed by atoms with Gasteiger partial charge in [0, 0.05) is 28.0 Å². The fourth-order valence-corrected chi connectivity index (χ4v) is 3.94. The van der Waals surface area contributed by atoms with Crippen LogP contribution in [-0.2, 0) is 33.1 Å². The second kappa shape index (κ2) is 11.6. The second-order valence-electron chi connectivity index (χ2n) is 7.04. The van der Waals surface area contributed by atoms with Crippen molar-refractivity contribution in [3.8, 4) is 0 Å². The summed E-state index contributed by atoms with van der Waals surface area (Å²) >= 11 is 18.5. The first-order valence-electron chi connectivity index (χ1n) is 9.66. The van der Waals surface area contributed by atoms with E-state index in [-0.39, 0.29) is 6.10 Å². The number of ether oxygens (including phenoxy) is 3. The predicted molar refractivity (Wildman–Crippen MR) is 121 cm³/mol. The summed E-state index contributed by atoms with van der Waals surface area (Å²) in [7, 11) is 0. The highest BCUT2D eigenvalue weighted by Crippen LogP contribution is 2.40. The normalized spacial score (nSPS) is 19.7. The molecule has 2 heterocycles. The fourth-order valence-electron chi connectivity index (χ4n) is 3.26. The van der Waals surface area contributed by atoms with Gasteiger partial charge in [-0.15, -0.1) is 10.1 Å². The molecule has 0 radical (unpaired) electrons. The van der Waals surface area contributed by atoms with E-state index in [9.17, 15) is 0 Å². The first-order chi connectivity index (χ1) is 15.8. The molecule has 12 heteroatoms. The van der Waals surface area contributed by atoms with Gasteiger partial charge in [-0.2, -0.15) is 0 Å². The smallest absolute Gasteiger partial charge is 0.291 e. The van der Waals surface area contributed by atoms with E-state index in [0.717, 1.165) is 11.1 Å². The molecule has 0 unspecified atom stereocenters. The van der Waals surface area contributed by atoms with Crippen LogP contribution in [0.1, 0.15) is 11.1 Å². The molecule has 2 atom stereocenters. The van der Waals surface area contributed by atoms with Gasteiger partial charge in [0.15, 0.2) is 0 Å². The number of halogens is 3. The highest BCUT2D eigenvalue weighted by molar-refractivity contribution is 6.35. The van der Waals surface area contributed by atoms with Crippen molar-refractivity contribution in [1.82, 2.24) is 9.55 Å². The lowest BCUT2D eigenvalue weighted by Crippen LogP contribution is -2.34. The molecule has 0 amide bonds. The number of hydrogen-bond donors (Lipinski definition) is 1. The summed E-state index contributed by atoms with van der Waals surface area (Å²) in [5.74, 6) is -1.04. The predicted octanol–water partition coefficient (Wildman–Crippen LogP) is 4.98. The highest BCUT2D eigenvalue weighted by atomic mass is 35.5. The quantitative estimate of drug-likeness (QED) is 0.348. The molecule has 1 aromatic heterocycles. The number of aromatic nitrogens is 2. The maximum absolute atomic E-state index is 8.36. The molecule has 4 rings (SSSR count). The van der Waals surface area contributed by atoms with Gasteiger partial charge < -0.3 is 24.0 Å². The van der Waals surface area contributed by atoms with Gasteiger partial charge in [0.1, 0.15) is 6.10 Å².